The molecule has 0 radical (unpaired) electrons. The molecule has 0 fully saturated rings. The highest BCUT2D eigenvalue weighted by Crippen LogP contribution is 2.16. The fourth-order valence-corrected chi connectivity index (χ4v) is 3.16. The third kappa shape index (κ3) is 3.77. The number of nitrogens with zero attached hydrogens (tertiary/aromatic N) is 5. The molecule has 0 N–H and O–H groups in total. The van der Waals surface area contributed by atoms with Crippen molar-refractivity contribution in [2.45, 2.75) is 26.9 Å². The Morgan fingerprint density at radius 1 is 1.28 bits per heavy atom. The predicted molar refractivity (Wildman–Crippen MR) is 109 cm³/mol. The number of nitriles is 1. The van der Waals surface area contributed by atoms with Gasteiger partial charge in [-0.1, -0.05) is 23.8 Å². The number of benzene rings is 1. The molecular formula is C20H18ClN5O3. The van der Waals surface area contributed by atoms with Gasteiger partial charge in [-0.25, -0.2) is 4.79 Å². The van der Waals surface area contributed by atoms with Crippen LogP contribution in [-0.2, 0) is 20.1 Å². The third-order valence-corrected chi connectivity index (χ3v) is 4.77. The maximum atomic E-state index is 13.1. The molecule has 9 heteroatoms. The number of carbonyl (C=O) groups excluding carboxylic acids is 1. The van der Waals surface area contributed by atoms with E-state index in [9.17, 15) is 14.4 Å². The second-order valence-corrected chi connectivity index (χ2v) is 7.13. The summed E-state index contributed by atoms with van der Waals surface area (Å²) in [6, 6.07) is 8.06. The highest BCUT2D eigenvalue weighted by atomic mass is 35.5. The second-order valence-electron chi connectivity index (χ2n) is 6.79. The maximum Gasteiger partial charge on any atom is 0.332 e. The number of halogens is 1. The van der Waals surface area contributed by atoms with Gasteiger partial charge in [-0.3, -0.25) is 18.7 Å². The minimum atomic E-state index is -0.671. The lowest BCUT2D eigenvalue weighted by molar-refractivity contribution is 0.0969. The zero-order valence-electron chi connectivity index (χ0n) is 16.1. The van der Waals surface area contributed by atoms with Gasteiger partial charge in [-0.05, 0) is 37.6 Å². The van der Waals surface area contributed by atoms with Crippen molar-refractivity contribution in [3.8, 4) is 6.07 Å². The number of rotatable bonds is 5. The number of aromatic nitrogens is 4. The highest BCUT2D eigenvalue weighted by Gasteiger charge is 2.20. The molecule has 148 valence electrons. The molecule has 0 aliphatic heterocycles. The van der Waals surface area contributed by atoms with Gasteiger partial charge in [0.1, 0.15) is 0 Å². The van der Waals surface area contributed by atoms with Gasteiger partial charge in [0, 0.05) is 19.2 Å². The van der Waals surface area contributed by atoms with E-state index in [2.05, 4.69) is 4.98 Å². The van der Waals surface area contributed by atoms with Crippen LogP contribution in [0.2, 0.25) is 5.28 Å². The Balaban J connectivity index is 2.15. The number of imidazole rings is 1. The number of Topliss-reactive ketones (excluding diaryl/α,β-unsaturated/α-hetero) is 1. The Kier molecular flexibility index (Phi) is 5.52. The summed E-state index contributed by atoms with van der Waals surface area (Å²) in [5.74, 6) is -0.456. The van der Waals surface area contributed by atoms with Crippen LogP contribution in [0.1, 0.15) is 29.8 Å². The normalized spacial score (nSPS) is 10.7. The van der Waals surface area contributed by atoms with Crippen LogP contribution in [0.5, 0.6) is 0 Å². The van der Waals surface area contributed by atoms with E-state index in [1.54, 1.807) is 12.1 Å². The van der Waals surface area contributed by atoms with Crippen molar-refractivity contribution in [2.75, 3.05) is 0 Å². The largest absolute Gasteiger partial charge is 0.332 e. The van der Waals surface area contributed by atoms with Crippen LogP contribution in [0.3, 0.4) is 0 Å². The molecule has 0 aliphatic carbocycles. The third-order valence-electron chi connectivity index (χ3n) is 4.48. The van der Waals surface area contributed by atoms with Gasteiger partial charge < -0.3 is 4.57 Å². The standard InChI is InChI=1S/C20H18ClN5O3/c1-12(2)7-8-25-16-17(23-19(25)21)24(3)20(29)26(18(16)28)11-15(27)14-6-4-5-13(9-14)10-22/h4-7,9H,8,11H2,1-3H3. The zero-order valence-corrected chi connectivity index (χ0v) is 16.9. The first-order chi connectivity index (χ1) is 13.7. The van der Waals surface area contributed by atoms with Gasteiger partial charge in [0.2, 0.25) is 5.28 Å². The van der Waals surface area contributed by atoms with Gasteiger partial charge in [-0.15, -0.1) is 0 Å². The van der Waals surface area contributed by atoms with Crippen LogP contribution >= 0.6 is 11.6 Å². The number of allylic oxidation sites excluding steroid dienone is 2. The van der Waals surface area contributed by atoms with Crippen molar-refractivity contribution in [3.05, 3.63) is 73.2 Å². The summed E-state index contributed by atoms with van der Waals surface area (Å²) in [6.45, 7) is 3.68. The van der Waals surface area contributed by atoms with Crippen molar-refractivity contribution in [1.82, 2.24) is 18.7 Å². The van der Waals surface area contributed by atoms with Gasteiger partial charge in [0.25, 0.3) is 5.56 Å². The van der Waals surface area contributed by atoms with E-state index in [4.69, 9.17) is 16.9 Å². The van der Waals surface area contributed by atoms with E-state index < -0.39 is 23.6 Å². The van der Waals surface area contributed by atoms with Crippen molar-refractivity contribution >= 4 is 28.5 Å². The van der Waals surface area contributed by atoms with Crippen molar-refractivity contribution in [1.29, 1.82) is 5.26 Å². The van der Waals surface area contributed by atoms with Crippen LogP contribution in [0.15, 0.2) is 45.5 Å². The molecule has 0 atom stereocenters. The molecule has 0 bridgehead atoms. The van der Waals surface area contributed by atoms with E-state index in [0.29, 0.717) is 12.1 Å². The Morgan fingerprint density at radius 3 is 2.66 bits per heavy atom. The summed E-state index contributed by atoms with van der Waals surface area (Å²) in [6.07, 6.45) is 1.88. The lowest BCUT2D eigenvalue weighted by Gasteiger charge is -2.09. The van der Waals surface area contributed by atoms with Crippen LogP contribution in [-0.4, -0.2) is 24.5 Å². The fraction of sp³-hybridized carbons (Fsp3) is 0.250. The van der Waals surface area contributed by atoms with E-state index in [0.717, 1.165) is 10.1 Å². The highest BCUT2D eigenvalue weighted by molar-refractivity contribution is 6.29. The quantitative estimate of drug-likeness (QED) is 0.364. The number of hydrogen-bond acceptors (Lipinski definition) is 5. The first-order valence-corrected chi connectivity index (χ1v) is 9.14. The molecular weight excluding hydrogens is 394 g/mol. The number of carbonyl (C=O) groups is 1. The lowest BCUT2D eigenvalue weighted by Crippen LogP contribution is -2.41. The Bertz CT molecular complexity index is 1320. The van der Waals surface area contributed by atoms with Crippen LogP contribution < -0.4 is 11.2 Å². The van der Waals surface area contributed by atoms with Crippen LogP contribution in [0, 0.1) is 11.3 Å². The Morgan fingerprint density at radius 2 is 2.00 bits per heavy atom. The smallest absolute Gasteiger partial charge is 0.305 e. The molecule has 3 aromatic rings. The second kappa shape index (κ2) is 7.89. The van der Waals surface area contributed by atoms with Crippen LogP contribution in [0.4, 0.5) is 0 Å². The first-order valence-electron chi connectivity index (χ1n) is 8.77. The van der Waals surface area contributed by atoms with E-state index >= 15 is 0 Å². The van der Waals surface area contributed by atoms with E-state index in [1.807, 2.05) is 26.0 Å². The van der Waals surface area contributed by atoms with Gasteiger partial charge in [0.15, 0.2) is 16.9 Å². The predicted octanol–water partition coefficient (Wildman–Crippen LogP) is 2.27. The average molecular weight is 412 g/mol. The molecule has 3 rings (SSSR count). The monoisotopic (exact) mass is 411 g/mol. The molecule has 0 saturated carbocycles. The molecule has 29 heavy (non-hydrogen) atoms. The minimum Gasteiger partial charge on any atom is -0.305 e. The summed E-state index contributed by atoms with van der Waals surface area (Å²) in [5.41, 5.74) is 0.577. The SMILES string of the molecule is CC(C)=CCn1c(Cl)nc2c1c(=O)n(CC(=O)c1cccc(C#N)c1)c(=O)n2C. The van der Waals surface area contributed by atoms with Gasteiger partial charge >= 0.3 is 5.69 Å². The van der Waals surface area contributed by atoms with Crippen LogP contribution in [0.25, 0.3) is 11.2 Å². The summed E-state index contributed by atoms with van der Waals surface area (Å²) in [5, 5.41) is 9.08. The van der Waals surface area contributed by atoms with E-state index in [1.165, 1.54) is 28.3 Å². The molecule has 0 amide bonds. The molecule has 8 nitrogen and oxygen atoms in total. The molecule has 2 aromatic heterocycles. The number of ketones is 1. The number of fused-ring (bicyclic) bond motifs is 1. The fourth-order valence-electron chi connectivity index (χ4n) is 2.92. The van der Waals surface area contributed by atoms with Gasteiger partial charge in [0.05, 0.1) is 18.2 Å². The topological polar surface area (TPSA) is 103 Å². The van der Waals surface area contributed by atoms with Crippen molar-refractivity contribution in [2.24, 2.45) is 7.05 Å². The molecule has 2 heterocycles. The number of aryl methyl sites for hydroxylation is 1. The Hall–Kier alpha value is -3.44. The average Bonchev–Trinajstić information content (AvgIpc) is 3.04. The Labute approximate surface area is 170 Å². The summed E-state index contributed by atoms with van der Waals surface area (Å²) < 4.78 is 3.56. The maximum absolute atomic E-state index is 13.1. The zero-order chi connectivity index (χ0) is 21.3. The van der Waals surface area contributed by atoms with Crippen molar-refractivity contribution in [3.63, 3.8) is 0 Å². The first kappa shape index (κ1) is 20.3. The summed E-state index contributed by atoms with van der Waals surface area (Å²) in [7, 11) is 1.47. The minimum absolute atomic E-state index is 0.0791. The lowest BCUT2D eigenvalue weighted by atomic mass is 10.1. The summed E-state index contributed by atoms with van der Waals surface area (Å²) in [4.78, 5) is 42.6. The summed E-state index contributed by atoms with van der Waals surface area (Å²) >= 11 is 6.20. The molecule has 0 unspecified atom stereocenters. The van der Waals surface area contributed by atoms with E-state index in [-0.39, 0.29) is 22.0 Å². The molecule has 0 saturated heterocycles. The van der Waals surface area contributed by atoms with Crippen molar-refractivity contribution < 1.29 is 4.79 Å². The molecule has 0 spiro atoms. The van der Waals surface area contributed by atoms with Gasteiger partial charge in [-0.2, -0.15) is 10.2 Å². The molecule has 1 aromatic carbocycles. The number of hydrogen-bond donors (Lipinski definition) is 0. The molecule has 0 aliphatic rings.